The Morgan fingerprint density at radius 2 is 1.92 bits per heavy atom. The van der Waals surface area contributed by atoms with E-state index < -0.39 is 35.9 Å². The molecule has 2 aromatic rings. The molecule has 3 amide bonds. The fraction of sp³-hybridized carbons (Fsp3) is 0.458. The van der Waals surface area contributed by atoms with Crippen LogP contribution in [0.4, 0.5) is 0 Å². The van der Waals surface area contributed by atoms with Crippen molar-refractivity contribution < 1.29 is 24.3 Å². The Bertz CT molecular complexity index is 1160. The van der Waals surface area contributed by atoms with E-state index in [4.69, 9.17) is 17.2 Å². The number of nitrogens with zero attached hydrogens (tertiary/aromatic N) is 2. The Kier molecular flexibility index (Phi) is 9.44. The third kappa shape index (κ3) is 7.19. The standard InChI is InChI=1S/C24H34N8O5/c25-12-20(33)32-10-4-8-19(32)22(35)30-17(7-3-9-28-24(26)27)21(34)31-18(23(36)37)11-14-13-29-16-6-2-1-5-15(14)16/h1-2,5-6,13,17-19,29H,3-4,7-12,25H2,(H,30,35)(H,31,34)(H,36,37)(H4,26,27,28). The second-order valence-corrected chi connectivity index (χ2v) is 8.92. The molecule has 10 N–H and O–H groups in total. The van der Waals surface area contributed by atoms with Crippen LogP contribution >= 0.6 is 0 Å². The number of likely N-dealkylation sites (tertiary alicyclic amines) is 1. The highest BCUT2D eigenvalue weighted by molar-refractivity contribution is 5.94. The van der Waals surface area contributed by atoms with Crippen molar-refractivity contribution >= 4 is 40.6 Å². The number of hydrogen-bond acceptors (Lipinski definition) is 6. The topological polar surface area (TPSA) is 222 Å². The Morgan fingerprint density at radius 1 is 1.16 bits per heavy atom. The number of aliphatic carboxylic acids is 1. The predicted molar refractivity (Wildman–Crippen MR) is 137 cm³/mol. The number of aromatic amines is 1. The van der Waals surface area contributed by atoms with Gasteiger partial charge in [0, 0.05) is 36.6 Å². The molecule has 1 aliphatic rings. The second-order valence-electron chi connectivity index (χ2n) is 8.92. The minimum absolute atomic E-state index is 0.0428. The molecule has 1 fully saturated rings. The molecule has 1 saturated heterocycles. The molecule has 3 unspecified atom stereocenters. The van der Waals surface area contributed by atoms with Crippen molar-refractivity contribution in [1.29, 1.82) is 0 Å². The summed E-state index contributed by atoms with van der Waals surface area (Å²) in [5, 5.41) is 15.9. The van der Waals surface area contributed by atoms with E-state index in [-0.39, 0.29) is 37.8 Å². The molecule has 2 heterocycles. The van der Waals surface area contributed by atoms with Gasteiger partial charge in [-0.15, -0.1) is 0 Å². The zero-order valence-electron chi connectivity index (χ0n) is 20.5. The lowest BCUT2D eigenvalue weighted by Crippen LogP contribution is -2.56. The molecule has 0 radical (unpaired) electrons. The van der Waals surface area contributed by atoms with E-state index in [0.29, 0.717) is 25.8 Å². The zero-order valence-corrected chi connectivity index (χ0v) is 20.5. The summed E-state index contributed by atoms with van der Waals surface area (Å²) < 4.78 is 0. The maximum absolute atomic E-state index is 13.2. The molecule has 1 aliphatic heterocycles. The summed E-state index contributed by atoms with van der Waals surface area (Å²) in [4.78, 5) is 58.8. The number of nitrogens with one attached hydrogen (secondary N) is 3. The summed E-state index contributed by atoms with van der Waals surface area (Å²) >= 11 is 0. The van der Waals surface area contributed by atoms with Crippen LogP contribution in [0.25, 0.3) is 10.9 Å². The van der Waals surface area contributed by atoms with Gasteiger partial charge in [-0.2, -0.15) is 0 Å². The van der Waals surface area contributed by atoms with E-state index in [0.717, 1.165) is 16.5 Å². The van der Waals surface area contributed by atoms with E-state index >= 15 is 0 Å². The molecule has 3 rings (SSSR count). The van der Waals surface area contributed by atoms with Gasteiger partial charge in [-0.05, 0) is 37.3 Å². The molecule has 1 aromatic heterocycles. The average molecular weight is 515 g/mol. The predicted octanol–water partition coefficient (Wildman–Crippen LogP) is -1.23. The number of fused-ring (bicyclic) bond motifs is 1. The molecule has 13 heteroatoms. The number of aliphatic imine (C=N–C) groups is 1. The number of benzene rings is 1. The first-order valence-corrected chi connectivity index (χ1v) is 12.1. The number of carbonyl (C=O) groups is 4. The van der Waals surface area contributed by atoms with Crippen molar-refractivity contribution in [3.8, 4) is 0 Å². The zero-order chi connectivity index (χ0) is 26.9. The van der Waals surface area contributed by atoms with E-state index in [1.165, 1.54) is 4.90 Å². The van der Waals surface area contributed by atoms with Crippen molar-refractivity contribution in [3.05, 3.63) is 36.0 Å². The second kappa shape index (κ2) is 12.7. The van der Waals surface area contributed by atoms with Crippen LogP contribution < -0.4 is 27.8 Å². The van der Waals surface area contributed by atoms with Crippen LogP contribution in [-0.2, 0) is 25.6 Å². The maximum Gasteiger partial charge on any atom is 0.326 e. The van der Waals surface area contributed by atoms with Gasteiger partial charge >= 0.3 is 5.97 Å². The van der Waals surface area contributed by atoms with Crippen LogP contribution in [0.5, 0.6) is 0 Å². The van der Waals surface area contributed by atoms with Crippen LogP contribution in [0.15, 0.2) is 35.5 Å². The Hall–Kier alpha value is -4.13. The van der Waals surface area contributed by atoms with Gasteiger partial charge in [0.1, 0.15) is 18.1 Å². The molecule has 0 aliphatic carbocycles. The van der Waals surface area contributed by atoms with E-state index in [1.807, 2.05) is 24.3 Å². The highest BCUT2D eigenvalue weighted by atomic mass is 16.4. The number of para-hydroxylation sites is 1. The summed E-state index contributed by atoms with van der Waals surface area (Å²) in [7, 11) is 0. The first kappa shape index (κ1) is 27.5. The number of hydrogen-bond donors (Lipinski definition) is 7. The fourth-order valence-electron chi connectivity index (χ4n) is 4.49. The number of aromatic nitrogens is 1. The van der Waals surface area contributed by atoms with Gasteiger partial charge in [0.05, 0.1) is 6.54 Å². The lowest BCUT2D eigenvalue weighted by Gasteiger charge is -2.26. The van der Waals surface area contributed by atoms with E-state index in [1.54, 1.807) is 6.20 Å². The van der Waals surface area contributed by atoms with Crippen molar-refractivity contribution in [2.24, 2.45) is 22.2 Å². The normalized spacial score (nSPS) is 16.7. The Morgan fingerprint density at radius 3 is 2.62 bits per heavy atom. The fourth-order valence-corrected chi connectivity index (χ4v) is 4.49. The quantitative estimate of drug-likeness (QED) is 0.103. The first-order valence-electron chi connectivity index (χ1n) is 12.1. The van der Waals surface area contributed by atoms with Gasteiger partial charge in [-0.25, -0.2) is 4.79 Å². The Labute approximate surface area is 213 Å². The summed E-state index contributed by atoms with van der Waals surface area (Å²) in [6, 6.07) is 4.42. The summed E-state index contributed by atoms with van der Waals surface area (Å²) in [5.41, 5.74) is 17.8. The van der Waals surface area contributed by atoms with Gasteiger partial charge in [0.2, 0.25) is 17.7 Å². The molecular weight excluding hydrogens is 480 g/mol. The van der Waals surface area contributed by atoms with Crippen LogP contribution in [0, 0.1) is 0 Å². The lowest BCUT2D eigenvalue weighted by atomic mass is 10.0. The number of amides is 3. The van der Waals surface area contributed by atoms with E-state index in [9.17, 15) is 24.3 Å². The molecule has 200 valence electrons. The van der Waals surface area contributed by atoms with Crippen LogP contribution in [-0.4, -0.2) is 82.4 Å². The number of rotatable bonds is 12. The average Bonchev–Trinajstić information content (AvgIpc) is 3.52. The monoisotopic (exact) mass is 514 g/mol. The molecular formula is C24H34N8O5. The summed E-state index contributed by atoms with van der Waals surface area (Å²) in [6.07, 6.45) is 3.35. The highest BCUT2D eigenvalue weighted by Gasteiger charge is 2.36. The number of H-pyrrole nitrogens is 1. The number of carboxylic acid groups (broad SMARTS) is 1. The first-order chi connectivity index (χ1) is 17.7. The minimum atomic E-state index is -1.23. The molecule has 0 spiro atoms. The molecule has 37 heavy (non-hydrogen) atoms. The molecule has 1 aromatic carbocycles. The largest absolute Gasteiger partial charge is 0.480 e. The highest BCUT2D eigenvalue weighted by Crippen LogP contribution is 2.20. The number of carboxylic acids is 1. The smallest absolute Gasteiger partial charge is 0.326 e. The SMILES string of the molecule is NCC(=O)N1CCCC1C(=O)NC(CCCN=C(N)N)C(=O)NC(Cc1c[nH]c2ccccc12)C(=O)O. The van der Waals surface area contributed by atoms with Crippen LogP contribution in [0.2, 0.25) is 0 Å². The lowest BCUT2D eigenvalue weighted by molar-refractivity contribution is -0.142. The minimum Gasteiger partial charge on any atom is -0.480 e. The van der Waals surface area contributed by atoms with Crippen LogP contribution in [0.1, 0.15) is 31.2 Å². The molecule has 0 saturated carbocycles. The van der Waals surface area contributed by atoms with Gasteiger partial charge in [-0.3, -0.25) is 19.4 Å². The van der Waals surface area contributed by atoms with Gasteiger partial charge < -0.3 is 42.8 Å². The molecule has 0 bridgehead atoms. The molecule has 13 nitrogen and oxygen atoms in total. The van der Waals surface area contributed by atoms with Gasteiger partial charge in [-0.1, -0.05) is 18.2 Å². The third-order valence-corrected chi connectivity index (χ3v) is 6.34. The van der Waals surface area contributed by atoms with Crippen molar-refractivity contribution in [1.82, 2.24) is 20.5 Å². The van der Waals surface area contributed by atoms with Gasteiger partial charge in [0.25, 0.3) is 0 Å². The maximum atomic E-state index is 13.2. The van der Waals surface area contributed by atoms with Crippen molar-refractivity contribution in [2.45, 2.75) is 50.2 Å². The van der Waals surface area contributed by atoms with Crippen LogP contribution in [0.3, 0.4) is 0 Å². The Balaban J connectivity index is 1.73. The summed E-state index contributed by atoms with van der Waals surface area (Å²) in [6.45, 7) is 0.405. The van der Waals surface area contributed by atoms with Crippen molar-refractivity contribution in [2.75, 3.05) is 19.6 Å². The number of carbonyl (C=O) groups excluding carboxylic acids is 3. The number of guanidine groups is 1. The van der Waals surface area contributed by atoms with E-state index in [2.05, 4.69) is 20.6 Å². The summed E-state index contributed by atoms with van der Waals surface area (Å²) in [5.74, 6) is -2.81. The van der Waals surface area contributed by atoms with Crippen molar-refractivity contribution in [3.63, 3.8) is 0 Å². The molecule has 3 atom stereocenters. The number of nitrogens with two attached hydrogens (primary N) is 3. The third-order valence-electron chi connectivity index (χ3n) is 6.34. The van der Waals surface area contributed by atoms with Gasteiger partial charge in [0.15, 0.2) is 5.96 Å².